The van der Waals surface area contributed by atoms with Crippen molar-refractivity contribution in [3.05, 3.63) is 59.2 Å². The molecule has 0 radical (unpaired) electrons. The second kappa shape index (κ2) is 9.89. The number of benzene rings is 2. The van der Waals surface area contributed by atoms with Gasteiger partial charge in [0.2, 0.25) is 0 Å². The lowest BCUT2D eigenvalue weighted by Crippen LogP contribution is -2.26. The first kappa shape index (κ1) is 21.9. The van der Waals surface area contributed by atoms with Crippen LogP contribution in [0, 0.1) is 0 Å². The minimum atomic E-state index is -0.874. The SMILES string of the molecule is CC(C)N(c1ccc(C(=O)O)cc1)c1cc(C2CCCCC2)cc(C2CCCCC2)c1. The van der Waals surface area contributed by atoms with Crippen LogP contribution in [0.2, 0.25) is 0 Å². The number of carbonyl (C=O) groups is 1. The number of aromatic carboxylic acids is 1. The Labute approximate surface area is 187 Å². The number of anilines is 2. The molecule has 0 unspecified atom stereocenters. The molecule has 2 aliphatic rings. The Morgan fingerprint density at radius 3 is 1.68 bits per heavy atom. The van der Waals surface area contributed by atoms with E-state index in [1.54, 1.807) is 12.1 Å². The van der Waals surface area contributed by atoms with E-state index < -0.39 is 5.97 Å². The van der Waals surface area contributed by atoms with Gasteiger partial charge < -0.3 is 10.0 Å². The van der Waals surface area contributed by atoms with Crippen molar-refractivity contribution in [1.82, 2.24) is 0 Å². The summed E-state index contributed by atoms with van der Waals surface area (Å²) in [5.74, 6) is 0.486. The van der Waals surface area contributed by atoms with Crippen LogP contribution >= 0.6 is 0 Å². The molecule has 2 fully saturated rings. The quantitative estimate of drug-likeness (QED) is 0.515. The molecule has 2 aromatic carbocycles. The zero-order valence-electron chi connectivity index (χ0n) is 19.1. The van der Waals surface area contributed by atoms with Crippen LogP contribution < -0.4 is 4.90 Å². The van der Waals surface area contributed by atoms with Gasteiger partial charge in [-0.25, -0.2) is 4.79 Å². The molecule has 0 heterocycles. The minimum Gasteiger partial charge on any atom is -0.478 e. The van der Waals surface area contributed by atoms with E-state index in [0.717, 1.165) is 5.69 Å². The Morgan fingerprint density at radius 2 is 1.26 bits per heavy atom. The first-order valence-electron chi connectivity index (χ1n) is 12.3. The van der Waals surface area contributed by atoms with E-state index in [1.165, 1.54) is 81.0 Å². The highest BCUT2D eigenvalue weighted by Crippen LogP contribution is 2.41. The van der Waals surface area contributed by atoms with Crippen molar-refractivity contribution in [3.63, 3.8) is 0 Å². The van der Waals surface area contributed by atoms with Crippen LogP contribution in [0.25, 0.3) is 0 Å². The maximum atomic E-state index is 11.3. The van der Waals surface area contributed by atoms with Gasteiger partial charge in [0.1, 0.15) is 0 Å². The first-order chi connectivity index (χ1) is 15.0. The maximum Gasteiger partial charge on any atom is 0.335 e. The summed E-state index contributed by atoms with van der Waals surface area (Å²) in [4.78, 5) is 13.7. The third kappa shape index (κ3) is 5.14. The number of nitrogens with zero attached hydrogens (tertiary/aromatic N) is 1. The van der Waals surface area contributed by atoms with Gasteiger partial charge in [0.05, 0.1) is 5.56 Å². The molecule has 0 bridgehead atoms. The highest BCUT2D eigenvalue weighted by atomic mass is 16.4. The monoisotopic (exact) mass is 419 g/mol. The summed E-state index contributed by atoms with van der Waals surface area (Å²) in [5.41, 5.74) is 5.71. The molecule has 31 heavy (non-hydrogen) atoms. The van der Waals surface area contributed by atoms with Crippen molar-refractivity contribution in [2.45, 2.75) is 95.9 Å². The second-order valence-corrected chi connectivity index (χ2v) is 9.84. The van der Waals surface area contributed by atoms with Crippen molar-refractivity contribution < 1.29 is 9.90 Å². The lowest BCUT2D eigenvalue weighted by Gasteiger charge is -2.33. The van der Waals surface area contributed by atoms with E-state index >= 15 is 0 Å². The molecule has 1 N–H and O–H groups in total. The van der Waals surface area contributed by atoms with Crippen molar-refractivity contribution >= 4 is 17.3 Å². The van der Waals surface area contributed by atoms with Gasteiger partial charge in [-0.15, -0.1) is 0 Å². The highest BCUT2D eigenvalue weighted by Gasteiger charge is 2.23. The van der Waals surface area contributed by atoms with Crippen LogP contribution in [0.5, 0.6) is 0 Å². The molecule has 0 atom stereocenters. The van der Waals surface area contributed by atoms with Crippen LogP contribution in [0.4, 0.5) is 11.4 Å². The Kier molecular flexibility index (Phi) is 6.99. The van der Waals surface area contributed by atoms with Crippen LogP contribution in [-0.4, -0.2) is 17.1 Å². The summed E-state index contributed by atoms with van der Waals surface area (Å²) in [5, 5.41) is 9.29. The predicted molar refractivity (Wildman–Crippen MR) is 129 cm³/mol. The van der Waals surface area contributed by atoms with E-state index in [0.29, 0.717) is 17.4 Å². The van der Waals surface area contributed by atoms with Gasteiger partial charge in [0, 0.05) is 17.4 Å². The molecule has 0 saturated heterocycles. The van der Waals surface area contributed by atoms with Crippen molar-refractivity contribution in [2.24, 2.45) is 0 Å². The largest absolute Gasteiger partial charge is 0.478 e. The number of hydrogen-bond donors (Lipinski definition) is 1. The molecule has 3 nitrogen and oxygen atoms in total. The van der Waals surface area contributed by atoms with Crippen molar-refractivity contribution in [1.29, 1.82) is 0 Å². The van der Waals surface area contributed by atoms with E-state index in [4.69, 9.17) is 0 Å². The Bertz CT molecular complexity index is 838. The topological polar surface area (TPSA) is 40.5 Å². The molecule has 0 spiro atoms. The summed E-state index contributed by atoms with van der Waals surface area (Å²) < 4.78 is 0. The number of rotatable bonds is 6. The van der Waals surface area contributed by atoms with Crippen LogP contribution in [0.1, 0.15) is 111 Å². The molecule has 2 aliphatic carbocycles. The molecular formula is C28H37NO2. The lowest BCUT2D eigenvalue weighted by atomic mass is 9.79. The fraction of sp³-hybridized carbons (Fsp3) is 0.536. The third-order valence-electron chi connectivity index (χ3n) is 7.30. The summed E-state index contributed by atoms with van der Waals surface area (Å²) in [6, 6.07) is 15.0. The first-order valence-corrected chi connectivity index (χ1v) is 12.3. The summed E-state index contributed by atoms with van der Waals surface area (Å²) in [6.07, 6.45) is 13.4. The molecule has 2 aromatic rings. The zero-order chi connectivity index (χ0) is 21.8. The van der Waals surface area contributed by atoms with Gasteiger partial charge in [-0.2, -0.15) is 0 Å². The summed E-state index contributed by atoms with van der Waals surface area (Å²) in [7, 11) is 0. The fourth-order valence-corrected chi connectivity index (χ4v) is 5.65. The molecule has 4 rings (SSSR count). The average molecular weight is 420 g/mol. The third-order valence-corrected chi connectivity index (χ3v) is 7.30. The van der Waals surface area contributed by atoms with Gasteiger partial charge in [-0.3, -0.25) is 0 Å². The minimum absolute atomic E-state index is 0.288. The molecule has 166 valence electrons. The van der Waals surface area contributed by atoms with Crippen LogP contribution in [0.3, 0.4) is 0 Å². The zero-order valence-corrected chi connectivity index (χ0v) is 19.1. The smallest absolute Gasteiger partial charge is 0.335 e. The molecule has 0 aromatic heterocycles. The normalized spacial score (nSPS) is 18.3. The average Bonchev–Trinajstić information content (AvgIpc) is 2.80. The molecule has 0 amide bonds. The fourth-order valence-electron chi connectivity index (χ4n) is 5.65. The van der Waals surface area contributed by atoms with E-state index in [2.05, 4.69) is 36.9 Å². The van der Waals surface area contributed by atoms with Crippen molar-refractivity contribution in [2.75, 3.05) is 4.90 Å². The Morgan fingerprint density at radius 1 is 0.774 bits per heavy atom. The Balaban J connectivity index is 1.74. The van der Waals surface area contributed by atoms with Gasteiger partial charge in [0.15, 0.2) is 0 Å². The molecule has 3 heteroatoms. The molecule has 0 aliphatic heterocycles. The summed E-state index contributed by atoms with van der Waals surface area (Å²) in [6.45, 7) is 4.44. The van der Waals surface area contributed by atoms with E-state index in [-0.39, 0.29) is 6.04 Å². The van der Waals surface area contributed by atoms with Crippen LogP contribution in [0.15, 0.2) is 42.5 Å². The molecular weight excluding hydrogens is 382 g/mol. The number of carboxylic acid groups (broad SMARTS) is 1. The highest BCUT2D eigenvalue weighted by molar-refractivity contribution is 5.88. The summed E-state index contributed by atoms with van der Waals surface area (Å²) >= 11 is 0. The van der Waals surface area contributed by atoms with Gasteiger partial charge >= 0.3 is 5.97 Å². The van der Waals surface area contributed by atoms with Gasteiger partial charge in [-0.1, -0.05) is 44.6 Å². The second-order valence-electron chi connectivity index (χ2n) is 9.84. The van der Waals surface area contributed by atoms with E-state index in [1.807, 2.05) is 12.1 Å². The standard InChI is InChI=1S/C28H37NO2/c1-20(2)29(26-15-13-23(14-16-26)28(30)31)27-18-24(21-9-5-3-6-10-21)17-25(19-27)22-11-7-4-8-12-22/h13-22H,3-12H2,1-2H3,(H,30,31). The van der Waals surface area contributed by atoms with Gasteiger partial charge in [-0.05, 0) is 98.9 Å². The number of carboxylic acids is 1. The lowest BCUT2D eigenvalue weighted by molar-refractivity contribution is 0.0697. The van der Waals surface area contributed by atoms with Crippen LogP contribution in [-0.2, 0) is 0 Å². The van der Waals surface area contributed by atoms with Crippen molar-refractivity contribution in [3.8, 4) is 0 Å². The number of hydrogen-bond acceptors (Lipinski definition) is 2. The maximum absolute atomic E-state index is 11.3. The Hall–Kier alpha value is -2.29. The predicted octanol–water partition coefficient (Wildman–Crippen LogP) is 8.03. The van der Waals surface area contributed by atoms with E-state index in [9.17, 15) is 9.90 Å². The molecule has 2 saturated carbocycles. The van der Waals surface area contributed by atoms with Gasteiger partial charge in [0.25, 0.3) is 0 Å².